The lowest BCUT2D eigenvalue weighted by atomic mass is 10.1. The first kappa shape index (κ1) is 24.1. The smallest absolute Gasteiger partial charge is 0.227 e. The maximum Gasteiger partial charge on any atom is 0.227 e. The van der Waals surface area contributed by atoms with Crippen LogP contribution in [0.25, 0.3) is 11.3 Å². The summed E-state index contributed by atoms with van der Waals surface area (Å²) in [6.45, 7) is 5.21. The molecule has 0 amide bonds. The monoisotopic (exact) mass is 488 g/mol. The number of hydrogen-bond donors (Lipinski definition) is 1. The van der Waals surface area contributed by atoms with Gasteiger partial charge in [0.1, 0.15) is 19.0 Å². The predicted molar refractivity (Wildman–Crippen MR) is 139 cm³/mol. The van der Waals surface area contributed by atoms with Crippen LogP contribution in [0.4, 0.5) is 11.6 Å². The molecule has 2 aliphatic rings. The number of nitrogens with zero attached hydrogens (tertiary/aromatic N) is 3. The van der Waals surface area contributed by atoms with Crippen LogP contribution in [0.5, 0.6) is 17.2 Å². The second-order valence-corrected chi connectivity index (χ2v) is 8.77. The van der Waals surface area contributed by atoms with Gasteiger partial charge in [0.05, 0.1) is 26.0 Å². The normalized spacial score (nSPS) is 16.9. The SMILES string of the molecule is COc1ccc2cc1OC/C=C\COCc1cc(ccc1OCCN1CCCC1)Nc1nccc-2n1. The zero-order valence-corrected chi connectivity index (χ0v) is 20.6. The Morgan fingerprint density at radius 2 is 1.86 bits per heavy atom. The van der Waals surface area contributed by atoms with E-state index in [0.717, 1.165) is 47.9 Å². The molecule has 2 aliphatic heterocycles. The molecule has 0 aliphatic carbocycles. The van der Waals surface area contributed by atoms with Gasteiger partial charge in [0.25, 0.3) is 0 Å². The highest BCUT2D eigenvalue weighted by atomic mass is 16.5. The Labute approximate surface area is 211 Å². The standard InChI is InChI=1S/C28H32N4O4/c1-33-26-8-6-21-19-27(26)35-16-5-4-15-34-20-22-18-23(30-28-29-11-10-24(21)31-28)7-9-25(22)36-17-14-32-12-2-3-13-32/h4-11,18-19H,2-3,12-17,20H2,1H3,(H,29,30,31)/b5-4-. The van der Waals surface area contributed by atoms with E-state index in [1.807, 2.05) is 54.6 Å². The topological polar surface area (TPSA) is 78.0 Å². The minimum atomic E-state index is 0.403. The number of anilines is 2. The zero-order valence-electron chi connectivity index (χ0n) is 20.6. The van der Waals surface area contributed by atoms with Crippen LogP contribution in [0.3, 0.4) is 0 Å². The number of aromatic nitrogens is 2. The molecule has 6 bridgehead atoms. The van der Waals surface area contributed by atoms with Gasteiger partial charge in [0.15, 0.2) is 11.5 Å². The van der Waals surface area contributed by atoms with Crippen LogP contribution in [0.1, 0.15) is 18.4 Å². The third kappa shape index (κ3) is 6.13. The van der Waals surface area contributed by atoms with Crippen molar-refractivity contribution in [3.8, 4) is 28.5 Å². The van der Waals surface area contributed by atoms with E-state index in [0.29, 0.717) is 43.9 Å². The van der Waals surface area contributed by atoms with Crippen molar-refractivity contribution >= 4 is 11.6 Å². The van der Waals surface area contributed by atoms with Crippen molar-refractivity contribution in [2.75, 3.05) is 51.9 Å². The van der Waals surface area contributed by atoms with Crippen LogP contribution in [0.2, 0.25) is 0 Å². The van der Waals surface area contributed by atoms with E-state index in [1.54, 1.807) is 13.3 Å². The number of methoxy groups -OCH3 is 1. The molecule has 8 heteroatoms. The van der Waals surface area contributed by atoms with Crippen LogP contribution in [0.15, 0.2) is 60.8 Å². The van der Waals surface area contributed by atoms with Gasteiger partial charge in [-0.1, -0.05) is 6.08 Å². The molecule has 0 unspecified atom stereocenters. The molecular weight excluding hydrogens is 456 g/mol. The van der Waals surface area contributed by atoms with E-state index < -0.39 is 0 Å². The fraction of sp³-hybridized carbons (Fsp3) is 0.357. The number of ether oxygens (including phenoxy) is 4. The van der Waals surface area contributed by atoms with Crippen molar-refractivity contribution in [3.63, 3.8) is 0 Å². The number of nitrogens with one attached hydrogen (secondary N) is 1. The Morgan fingerprint density at radius 1 is 1.00 bits per heavy atom. The molecule has 0 spiro atoms. The fourth-order valence-corrected chi connectivity index (χ4v) is 4.37. The number of likely N-dealkylation sites (tertiary alicyclic amines) is 1. The quantitative estimate of drug-likeness (QED) is 0.512. The largest absolute Gasteiger partial charge is 0.493 e. The van der Waals surface area contributed by atoms with Crippen LogP contribution >= 0.6 is 0 Å². The molecule has 1 N–H and O–H groups in total. The van der Waals surface area contributed by atoms with Gasteiger partial charge in [-0.3, -0.25) is 4.90 Å². The first-order chi connectivity index (χ1) is 17.8. The van der Waals surface area contributed by atoms with Crippen molar-refractivity contribution in [2.45, 2.75) is 19.4 Å². The van der Waals surface area contributed by atoms with Gasteiger partial charge in [-0.2, -0.15) is 0 Å². The number of hydrogen-bond acceptors (Lipinski definition) is 8. The second-order valence-electron chi connectivity index (χ2n) is 8.77. The average Bonchev–Trinajstić information content (AvgIpc) is 3.42. The van der Waals surface area contributed by atoms with E-state index in [-0.39, 0.29) is 0 Å². The maximum atomic E-state index is 6.16. The highest BCUT2D eigenvalue weighted by Crippen LogP contribution is 2.32. The summed E-state index contributed by atoms with van der Waals surface area (Å²) in [6, 6.07) is 13.7. The van der Waals surface area contributed by atoms with Crippen molar-refractivity contribution in [1.29, 1.82) is 0 Å². The van der Waals surface area contributed by atoms with Crippen molar-refractivity contribution in [2.24, 2.45) is 0 Å². The Bertz CT molecular complexity index is 1190. The molecule has 1 fully saturated rings. The average molecular weight is 489 g/mol. The Balaban J connectivity index is 1.39. The summed E-state index contributed by atoms with van der Waals surface area (Å²) >= 11 is 0. The molecule has 3 heterocycles. The fourth-order valence-electron chi connectivity index (χ4n) is 4.37. The van der Waals surface area contributed by atoms with Crippen molar-refractivity contribution in [3.05, 3.63) is 66.4 Å². The van der Waals surface area contributed by atoms with Gasteiger partial charge < -0.3 is 24.3 Å². The second kappa shape index (κ2) is 11.9. The van der Waals surface area contributed by atoms with E-state index in [1.165, 1.54) is 12.8 Å². The maximum absolute atomic E-state index is 6.16. The molecule has 1 saturated heterocycles. The van der Waals surface area contributed by atoms with Gasteiger partial charge in [-0.25, -0.2) is 9.97 Å². The summed E-state index contributed by atoms with van der Waals surface area (Å²) < 4.78 is 23.5. The minimum Gasteiger partial charge on any atom is -0.493 e. The Morgan fingerprint density at radius 3 is 2.75 bits per heavy atom. The Hall–Kier alpha value is -3.62. The summed E-state index contributed by atoms with van der Waals surface area (Å²) in [4.78, 5) is 11.6. The zero-order chi connectivity index (χ0) is 24.6. The minimum absolute atomic E-state index is 0.403. The van der Waals surface area contributed by atoms with Gasteiger partial charge in [-0.15, -0.1) is 0 Å². The summed E-state index contributed by atoms with van der Waals surface area (Å²) in [7, 11) is 1.63. The molecule has 5 rings (SSSR count). The van der Waals surface area contributed by atoms with Gasteiger partial charge in [0.2, 0.25) is 5.95 Å². The third-order valence-corrected chi connectivity index (χ3v) is 6.27. The molecule has 188 valence electrons. The third-order valence-electron chi connectivity index (χ3n) is 6.27. The molecule has 0 saturated carbocycles. The van der Waals surface area contributed by atoms with E-state index in [9.17, 15) is 0 Å². The van der Waals surface area contributed by atoms with Crippen LogP contribution in [-0.2, 0) is 11.3 Å². The summed E-state index contributed by atoms with van der Waals surface area (Å²) in [5, 5.41) is 3.32. The molecule has 2 aromatic carbocycles. The first-order valence-electron chi connectivity index (χ1n) is 12.4. The highest BCUT2D eigenvalue weighted by molar-refractivity contribution is 5.66. The van der Waals surface area contributed by atoms with E-state index >= 15 is 0 Å². The van der Waals surface area contributed by atoms with Gasteiger partial charge >= 0.3 is 0 Å². The molecule has 0 radical (unpaired) electrons. The lowest BCUT2D eigenvalue weighted by molar-refractivity contribution is 0.144. The highest BCUT2D eigenvalue weighted by Gasteiger charge is 2.13. The van der Waals surface area contributed by atoms with Crippen molar-refractivity contribution < 1.29 is 18.9 Å². The lowest BCUT2D eigenvalue weighted by Crippen LogP contribution is -2.25. The van der Waals surface area contributed by atoms with Gasteiger partial charge in [0, 0.05) is 29.6 Å². The lowest BCUT2D eigenvalue weighted by Gasteiger charge is -2.17. The summed E-state index contributed by atoms with van der Waals surface area (Å²) in [5.74, 6) is 2.66. The molecule has 0 atom stereocenters. The Kier molecular flexibility index (Phi) is 7.95. The van der Waals surface area contributed by atoms with Gasteiger partial charge in [-0.05, 0) is 74.5 Å². The van der Waals surface area contributed by atoms with E-state index in [4.69, 9.17) is 23.9 Å². The molecule has 36 heavy (non-hydrogen) atoms. The van der Waals surface area contributed by atoms with Crippen LogP contribution in [0, 0.1) is 0 Å². The number of fused-ring (bicyclic) bond motifs is 7. The molecular formula is C28H32N4O4. The number of benzene rings is 2. The van der Waals surface area contributed by atoms with Crippen LogP contribution in [-0.4, -0.2) is 61.4 Å². The molecule has 1 aromatic heterocycles. The summed E-state index contributed by atoms with van der Waals surface area (Å²) in [6.07, 6.45) is 8.20. The predicted octanol–water partition coefficient (Wildman–Crippen LogP) is 4.84. The van der Waals surface area contributed by atoms with Crippen molar-refractivity contribution in [1.82, 2.24) is 14.9 Å². The first-order valence-corrected chi connectivity index (χ1v) is 12.4. The number of rotatable bonds is 5. The van der Waals surface area contributed by atoms with Crippen LogP contribution < -0.4 is 19.5 Å². The van der Waals surface area contributed by atoms with E-state index in [2.05, 4.69) is 15.2 Å². The summed E-state index contributed by atoms with van der Waals surface area (Å²) in [5.41, 5.74) is 3.54. The molecule has 8 nitrogen and oxygen atoms in total. The molecule has 3 aromatic rings.